The topological polar surface area (TPSA) is 103 Å². The van der Waals surface area contributed by atoms with Gasteiger partial charge in [-0.05, 0) is 35.9 Å². The SMILES string of the molecule is NC(=O)c1ccc(CS(=O)(=O)c2cccc(N)c2)c(Cl)c1. The Hall–Kier alpha value is -2.05. The predicted octanol–water partition coefficient (Wildman–Crippen LogP) is 2.00. The third kappa shape index (κ3) is 3.53. The lowest BCUT2D eigenvalue weighted by Crippen LogP contribution is -2.11. The van der Waals surface area contributed by atoms with Crippen molar-refractivity contribution in [3.05, 3.63) is 58.6 Å². The second-order valence-electron chi connectivity index (χ2n) is 4.50. The molecule has 110 valence electrons. The molecule has 0 radical (unpaired) electrons. The fraction of sp³-hybridized carbons (Fsp3) is 0.0714. The van der Waals surface area contributed by atoms with Crippen molar-refractivity contribution in [2.75, 3.05) is 5.73 Å². The van der Waals surface area contributed by atoms with Gasteiger partial charge < -0.3 is 11.5 Å². The Morgan fingerprint density at radius 2 is 1.86 bits per heavy atom. The highest BCUT2D eigenvalue weighted by molar-refractivity contribution is 7.90. The van der Waals surface area contributed by atoms with Crippen LogP contribution in [-0.4, -0.2) is 14.3 Å². The first-order chi connectivity index (χ1) is 9.79. The number of hydrogen-bond donors (Lipinski definition) is 2. The van der Waals surface area contributed by atoms with Crippen molar-refractivity contribution in [3.8, 4) is 0 Å². The molecule has 0 aromatic heterocycles. The van der Waals surface area contributed by atoms with Gasteiger partial charge in [-0.1, -0.05) is 23.7 Å². The van der Waals surface area contributed by atoms with E-state index in [0.717, 1.165) is 0 Å². The van der Waals surface area contributed by atoms with Crippen molar-refractivity contribution in [3.63, 3.8) is 0 Å². The summed E-state index contributed by atoms with van der Waals surface area (Å²) in [5.74, 6) is -0.906. The van der Waals surface area contributed by atoms with Gasteiger partial charge in [-0.2, -0.15) is 0 Å². The van der Waals surface area contributed by atoms with E-state index in [4.69, 9.17) is 23.1 Å². The summed E-state index contributed by atoms with van der Waals surface area (Å²) in [7, 11) is -3.57. The molecular formula is C14H13ClN2O3S. The second-order valence-corrected chi connectivity index (χ2v) is 6.90. The van der Waals surface area contributed by atoms with Crippen LogP contribution in [-0.2, 0) is 15.6 Å². The van der Waals surface area contributed by atoms with Gasteiger partial charge >= 0.3 is 0 Å². The molecule has 5 nitrogen and oxygen atoms in total. The van der Waals surface area contributed by atoms with Crippen molar-refractivity contribution >= 4 is 33.0 Å². The average Bonchev–Trinajstić information content (AvgIpc) is 2.40. The van der Waals surface area contributed by atoms with Crippen LogP contribution in [0, 0.1) is 0 Å². The van der Waals surface area contributed by atoms with Crippen molar-refractivity contribution in [1.82, 2.24) is 0 Å². The molecule has 0 unspecified atom stereocenters. The van der Waals surface area contributed by atoms with Crippen LogP contribution in [0.2, 0.25) is 5.02 Å². The molecule has 0 saturated heterocycles. The summed E-state index contributed by atoms with van der Waals surface area (Å²) in [6, 6.07) is 10.3. The Morgan fingerprint density at radius 1 is 1.14 bits per heavy atom. The molecule has 7 heteroatoms. The highest BCUT2D eigenvalue weighted by Gasteiger charge is 2.18. The van der Waals surface area contributed by atoms with Crippen LogP contribution in [0.4, 0.5) is 5.69 Å². The Bertz CT molecular complexity index is 804. The highest BCUT2D eigenvalue weighted by atomic mass is 35.5. The minimum atomic E-state index is -3.57. The van der Waals surface area contributed by atoms with Crippen molar-refractivity contribution in [1.29, 1.82) is 0 Å². The number of benzene rings is 2. The van der Waals surface area contributed by atoms with E-state index in [1.165, 1.54) is 30.3 Å². The fourth-order valence-electron chi connectivity index (χ4n) is 1.81. The molecule has 0 bridgehead atoms. The molecule has 21 heavy (non-hydrogen) atoms. The zero-order chi connectivity index (χ0) is 15.6. The summed E-state index contributed by atoms with van der Waals surface area (Å²) in [6.45, 7) is 0. The number of halogens is 1. The summed E-state index contributed by atoms with van der Waals surface area (Å²) >= 11 is 6.00. The van der Waals surface area contributed by atoms with Crippen LogP contribution >= 0.6 is 11.6 Å². The van der Waals surface area contributed by atoms with Gasteiger partial charge in [0.2, 0.25) is 5.91 Å². The number of nitrogens with two attached hydrogens (primary N) is 2. The smallest absolute Gasteiger partial charge is 0.248 e. The zero-order valence-corrected chi connectivity index (χ0v) is 12.5. The van der Waals surface area contributed by atoms with Gasteiger partial charge in [0, 0.05) is 16.3 Å². The fourth-order valence-corrected chi connectivity index (χ4v) is 3.57. The summed E-state index contributed by atoms with van der Waals surface area (Å²) < 4.78 is 24.6. The van der Waals surface area contributed by atoms with E-state index < -0.39 is 15.7 Å². The molecule has 0 aliphatic rings. The number of sulfone groups is 1. The standard InChI is InChI=1S/C14H13ClN2O3S/c15-13-6-9(14(17)18)4-5-10(13)8-21(19,20)12-3-1-2-11(16)7-12/h1-7H,8,16H2,(H2,17,18). The molecule has 2 rings (SSSR count). The minimum Gasteiger partial charge on any atom is -0.399 e. The molecule has 2 aromatic rings. The van der Waals surface area contributed by atoms with E-state index in [-0.39, 0.29) is 21.2 Å². The normalized spacial score (nSPS) is 11.3. The van der Waals surface area contributed by atoms with E-state index in [0.29, 0.717) is 11.3 Å². The van der Waals surface area contributed by atoms with Gasteiger partial charge in [0.05, 0.1) is 10.6 Å². The van der Waals surface area contributed by atoms with Crippen LogP contribution in [0.25, 0.3) is 0 Å². The van der Waals surface area contributed by atoms with Gasteiger partial charge in [-0.25, -0.2) is 8.42 Å². The Morgan fingerprint density at radius 3 is 2.43 bits per heavy atom. The van der Waals surface area contributed by atoms with E-state index in [2.05, 4.69) is 0 Å². The number of rotatable bonds is 4. The molecule has 0 spiro atoms. The van der Waals surface area contributed by atoms with Gasteiger partial charge in [0.25, 0.3) is 0 Å². The molecule has 0 heterocycles. The maximum absolute atomic E-state index is 12.3. The van der Waals surface area contributed by atoms with Crippen LogP contribution < -0.4 is 11.5 Å². The average molecular weight is 325 g/mol. The number of anilines is 1. The number of amides is 1. The lowest BCUT2D eigenvalue weighted by Gasteiger charge is -2.08. The van der Waals surface area contributed by atoms with Gasteiger partial charge in [-0.3, -0.25) is 4.79 Å². The van der Waals surface area contributed by atoms with Gasteiger partial charge in [-0.15, -0.1) is 0 Å². The molecule has 1 amide bonds. The van der Waals surface area contributed by atoms with E-state index in [1.807, 2.05) is 0 Å². The number of primary amides is 1. The summed E-state index contributed by atoms with van der Waals surface area (Å²) in [4.78, 5) is 11.2. The molecule has 0 fully saturated rings. The maximum atomic E-state index is 12.3. The van der Waals surface area contributed by atoms with Crippen molar-refractivity contribution in [2.24, 2.45) is 5.73 Å². The number of carbonyl (C=O) groups is 1. The monoisotopic (exact) mass is 324 g/mol. The first kappa shape index (κ1) is 15.3. The van der Waals surface area contributed by atoms with Crippen LogP contribution in [0.15, 0.2) is 47.4 Å². The van der Waals surface area contributed by atoms with Crippen LogP contribution in [0.5, 0.6) is 0 Å². The van der Waals surface area contributed by atoms with Crippen LogP contribution in [0.1, 0.15) is 15.9 Å². The summed E-state index contributed by atoms with van der Waals surface area (Å²) in [6.07, 6.45) is 0. The number of hydrogen-bond acceptors (Lipinski definition) is 4. The highest BCUT2D eigenvalue weighted by Crippen LogP contribution is 2.24. The lowest BCUT2D eigenvalue weighted by atomic mass is 10.1. The molecule has 0 aliphatic carbocycles. The summed E-state index contributed by atoms with van der Waals surface area (Å²) in [5, 5.41) is 0.179. The first-order valence-corrected chi connectivity index (χ1v) is 7.99. The third-order valence-corrected chi connectivity index (χ3v) is 4.92. The van der Waals surface area contributed by atoms with E-state index >= 15 is 0 Å². The maximum Gasteiger partial charge on any atom is 0.248 e. The van der Waals surface area contributed by atoms with Gasteiger partial charge in [0.1, 0.15) is 0 Å². The van der Waals surface area contributed by atoms with Crippen LogP contribution in [0.3, 0.4) is 0 Å². The largest absolute Gasteiger partial charge is 0.399 e. The molecule has 0 aliphatic heterocycles. The Labute approximate surface area is 127 Å². The van der Waals surface area contributed by atoms with Crippen molar-refractivity contribution < 1.29 is 13.2 Å². The number of carbonyl (C=O) groups excluding carboxylic acids is 1. The lowest BCUT2D eigenvalue weighted by molar-refractivity contribution is 0.100. The van der Waals surface area contributed by atoms with E-state index in [9.17, 15) is 13.2 Å². The summed E-state index contributed by atoms with van der Waals surface area (Å²) in [5.41, 5.74) is 11.7. The van der Waals surface area contributed by atoms with Crippen molar-refractivity contribution in [2.45, 2.75) is 10.6 Å². The molecule has 0 atom stereocenters. The number of nitrogen functional groups attached to an aromatic ring is 1. The third-order valence-electron chi connectivity index (χ3n) is 2.90. The second kappa shape index (κ2) is 5.75. The molecule has 4 N–H and O–H groups in total. The molecular weight excluding hydrogens is 312 g/mol. The minimum absolute atomic E-state index is 0.123. The quantitative estimate of drug-likeness (QED) is 0.839. The van der Waals surface area contributed by atoms with Gasteiger partial charge in [0.15, 0.2) is 9.84 Å². The first-order valence-electron chi connectivity index (χ1n) is 5.96. The molecule has 0 saturated carbocycles. The Balaban J connectivity index is 2.35. The predicted molar refractivity (Wildman–Crippen MR) is 81.7 cm³/mol. The zero-order valence-electron chi connectivity index (χ0n) is 10.9. The molecule has 2 aromatic carbocycles. The van der Waals surface area contributed by atoms with E-state index in [1.54, 1.807) is 12.1 Å². The Kier molecular flexibility index (Phi) is 4.20.